The summed E-state index contributed by atoms with van der Waals surface area (Å²) in [6.45, 7) is 3.75. The Kier molecular flexibility index (Phi) is 5.51. The minimum absolute atomic E-state index is 0.0878. The van der Waals surface area contributed by atoms with Crippen molar-refractivity contribution in [1.82, 2.24) is 9.97 Å². The van der Waals surface area contributed by atoms with Crippen LogP contribution in [0.25, 0.3) is 0 Å². The van der Waals surface area contributed by atoms with Crippen molar-refractivity contribution in [3.05, 3.63) is 61.9 Å². The van der Waals surface area contributed by atoms with Gasteiger partial charge in [0.2, 0.25) is 5.91 Å². The van der Waals surface area contributed by atoms with Crippen LogP contribution in [0.4, 0.5) is 5.69 Å². The number of aromatic amines is 2. The number of anilines is 1. The monoisotopic (exact) mass is 315 g/mol. The van der Waals surface area contributed by atoms with Crippen LogP contribution >= 0.6 is 0 Å². The highest BCUT2D eigenvalue weighted by Crippen LogP contribution is 2.12. The van der Waals surface area contributed by atoms with Crippen molar-refractivity contribution in [3.8, 4) is 0 Å². The first-order valence-corrected chi connectivity index (χ1v) is 7.70. The van der Waals surface area contributed by atoms with Gasteiger partial charge >= 0.3 is 5.69 Å². The number of benzene rings is 1. The van der Waals surface area contributed by atoms with E-state index in [1.54, 1.807) is 6.92 Å². The fraction of sp³-hybridized carbons (Fsp3) is 0.353. The van der Waals surface area contributed by atoms with Crippen LogP contribution in [-0.2, 0) is 17.6 Å². The van der Waals surface area contributed by atoms with Crippen LogP contribution in [-0.4, -0.2) is 15.9 Å². The number of carbonyl (C=O) groups excluding carboxylic acids is 1. The highest BCUT2D eigenvalue weighted by Gasteiger charge is 2.11. The number of H-pyrrole nitrogens is 2. The maximum atomic E-state index is 12.1. The zero-order valence-corrected chi connectivity index (χ0v) is 13.4. The quantitative estimate of drug-likeness (QED) is 0.759. The van der Waals surface area contributed by atoms with Crippen molar-refractivity contribution in [3.63, 3.8) is 0 Å². The van der Waals surface area contributed by atoms with Gasteiger partial charge in [0.1, 0.15) is 0 Å². The number of unbranched alkanes of at least 4 members (excludes halogenated alkanes) is 1. The van der Waals surface area contributed by atoms with E-state index >= 15 is 0 Å². The number of hydrogen-bond donors (Lipinski definition) is 3. The Morgan fingerprint density at radius 2 is 1.83 bits per heavy atom. The molecule has 0 aliphatic heterocycles. The first-order valence-electron chi connectivity index (χ1n) is 7.70. The minimum Gasteiger partial charge on any atom is -0.326 e. The van der Waals surface area contributed by atoms with Gasteiger partial charge in [0.15, 0.2) is 0 Å². The Labute approximate surface area is 134 Å². The summed E-state index contributed by atoms with van der Waals surface area (Å²) in [6.07, 6.45) is 3.22. The van der Waals surface area contributed by atoms with E-state index in [0.29, 0.717) is 11.4 Å². The van der Waals surface area contributed by atoms with Gasteiger partial charge in [-0.05, 0) is 37.5 Å². The lowest BCUT2D eigenvalue weighted by molar-refractivity contribution is -0.115. The highest BCUT2D eigenvalue weighted by molar-refractivity contribution is 5.92. The fourth-order valence-corrected chi connectivity index (χ4v) is 2.34. The summed E-state index contributed by atoms with van der Waals surface area (Å²) in [6, 6.07) is 7.69. The molecule has 1 aromatic carbocycles. The number of rotatable bonds is 6. The molecular formula is C17H21N3O3. The second kappa shape index (κ2) is 7.58. The van der Waals surface area contributed by atoms with Crippen molar-refractivity contribution in [2.75, 3.05) is 5.32 Å². The van der Waals surface area contributed by atoms with Crippen LogP contribution in [0.3, 0.4) is 0 Å². The molecule has 0 aliphatic rings. The Balaban J connectivity index is 2.02. The van der Waals surface area contributed by atoms with Crippen LogP contribution < -0.4 is 16.6 Å². The number of carbonyl (C=O) groups is 1. The fourth-order valence-electron chi connectivity index (χ4n) is 2.34. The molecule has 0 aliphatic carbocycles. The molecule has 6 heteroatoms. The zero-order chi connectivity index (χ0) is 16.8. The van der Waals surface area contributed by atoms with Gasteiger partial charge in [-0.1, -0.05) is 25.5 Å². The third-order valence-electron chi connectivity index (χ3n) is 3.65. The molecule has 122 valence electrons. The SMILES string of the molecule is CCCCc1ccc(NC(=O)Cc2c(C)[nH]c(=O)[nH]c2=O)cc1. The van der Waals surface area contributed by atoms with Crippen LogP contribution in [0.15, 0.2) is 33.9 Å². The zero-order valence-electron chi connectivity index (χ0n) is 13.4. The van der Waals surface area contributed by atoms with Crippen LogP contribution in [0, 0.1) is 6.92 Å². The molecule has 2 aromatic rings. The Morgan fingerprint density at radius 3 is 2.43 bits per heavy atom. The molecule has 0 saturated heterocycles. The third-order valence-corrected chi connectivity index (χ3v) is 3.65. The molecule has 0 spiro atoms. The van der Waals surface area contributed by atoms with Crippen LogP contribution in [0.5, 0.6) is 0 Å². The second-order valence-corrected chi connectivity index (χ2v) is 5.54. The van der Waals surface area contributed by atoms with Gasteiger partial charge in [-0.3, -0.25) is 14.6 Å². The first-order chi connectivity index (χ1) is 11.0. The average molecular weight is 315 g/mol. The summed E-state index contributed by atoms with van der Waals surface area (Å²) in [4.78, 5) is 39.6. The minimum atomic E-state index is -0.570. The lowest BCUT2D eigenvalue weighted by Crippen LogP contribution is -2.29. The largest absolute Gasteiger partial charge is 0.326 e. The molecule has 0 saturated carbocycles. The van der Waals surface area contributed by atoms with E-state index in [1.807, 2.05) is 24.3 Å². The van der Waals surface area contributed by atoms with Gasteiger partial charge < -0.3 is 10.3 Å². The van der Waals surface area contributed by atoms with E-state index in [4.69, 9.17) is 0 Å². The van der Waals surface area contributed by atoms with Crippen molar-refractivity contribution in [2.24, 2.45) is 0 Å². The summed E-state index contributed by atoms with van der Waals surface area (Å²) >= 11 is 0. The summed E-state index contributed by atoms with van der Waals surface area (Å²) in [5.74, 6) is -0.299. The number of nitrogens with one attached hydrogen (secondary N) is 3. The van der Waals surface area contributed by atoms with E-state index in [0.717, 1.165) is 19.3 Å². The maximum absolute atomic E-state index is 12.1. The molecule has 1 aromatic heterocycles. The van der Waals surface area contributed by atoms with E-state index in [9.17, 15) is 14.4 Å². The van der Waals surface area contributed by atoms with Crippen LogP contribution in [0.2, 0.25) is 0 Å². The van der Waals surface area contributed by atoms with Gasteiger partial charge in [-0.25, -0.2) is 4.79 Å². The lowest BCUT2D eigenvalue weighted by Gasteiger charge is -2.07. The molecule has 1 amide bonds. The molecule has 3 N–H and O–H groups in total. The predicted molar refractivity (Wildman–Crippen MR) is 89.8 cm³/mol. The normalized spacial score (nSPS) is 10.5. The molecule has 0 bridgehead atoms. The molecule has 2 rings (SSSR count). The first kappa shape index (κ1) is 16.7. The van der Waals surface area contributed by atoms with E-state index in [-0.39, 0.29) is 17.9 Å². The summed E-state index contributed by atoms with van der Waals surface area (Å²) in [5.41, 5.74) is 1.49. The molecule has 0 fully saturated rings. The van der Waals surface area contributed by atoms with Gasteiger partial charge in [0.05, 0.1) is 6.42 Å². The molecule has 0 atom stereocenters. The Hall–Kier alpha value is -2.63. The van der Waals surface area contributed by atoms with Gasteiger partial charge in [-0.15, -0.1) is 0 Å². The Bertz CT molecular complexity index is 788. The van der Waals surface area contributed by atoms with Gasteiger partial charge in [0, 0.05) is 16.9 Å². The van der Waals surface area contributed by atoms with Gasteiger partial charge in [-0.2, -0.15) is 0 Å². The summed E-state index contributed by atoms with van der Waals surface area (Å²) in [7, 11) is 0. The van der Waals surface area contributed by atoms with E-state index < -0.39 is 11.2 Å². The number of aromatic nitrogens is 2. The molecule has 0 unspecified atom stereocenters. The van der Waals surface area contributed by atoms with Crippen molar-refractivity contribution >= 4 is 11.6 Å². The maximum Gasteiger partial charge on any atom is 0.325 e. The lowest BCUT2D eigenvalue weighted by atomic mass is 10.1. The summed E-state index contributed by atoms with van der Waals surface area (Å²) < 4.78 is 0. The van der Waals surface area contributed by atoms with E-state index in [1.165, 1.54) is 5.56 Å². The second-order valence-electron chi connectivity index (χ2n) is 5.54. The average Bonchev–Trinajstić information content (AvgIpc) is 2.50. The number of hydrogen-bond acceptors (Lipinski definition) is 3. The smallest absolute Gasteiger partial charge is 0.325 e. The predicted octanol–water partition coefficient (Wildman–Crippen LogP) is 1.90. The topological polar surface area (TPSA) is 94.8 Å². The van der Waals surface area contributed by atoms with E-state index in [2.05, 4.69) is 22.2 Å². The third kappa shape index (κ3) is 4.67. The molecule has 6 nitrogen and oxygen atoms in total. The molecule has 0 radical (unpaired) electrons. The van der Waals surface area contributed by atoms with Gasteiger partial charge in [0.25, 0.3) is 5.56 Å². The molecule has 23 heavy (non-hydrogen) atoms. The Morgan fingerprint density at radius 1 is 1.13 bits per heavy atom. The van der Waals surface area contributed by atoms with Crippen molar-refractivity contribution in [2.45, 2.75) is 39.5 Å². The molecule has 1 heterocycles. The number of aryl methyl sites for hydroxylation is 2. The van der Waals surface area contributed by atoms with Crippen molar-refractivity contribution < 1.29 is 4.79 Å². The standard InChI is InChI=1S/C17H21N3O3/c1-3-4-5-12-6-8-13(9-7-12)19-15(21)10-14-11(2)18-17(23)20-16(14)22/h6-9H,3-5,10H2,1-2H3,(H,19,21)(H2,18,20,22,23). The number of amides is 1. The molecular weight excluding hydrogens is 294 g/mol. The van der Waals surface area contributed by atoms with Crippen molar-refractivity contribution in [1.29, 1.82) is 0 Å². The highest BCUT2D eigenvalue weighted by atomic mass is 16.2. The van der Waals surface area contributed by atoms with Crippen LogP contribution in [0.1, 0.15) is 36.6 Å². The summed E-state index contributed by atoms with van der Waals surface area (Å²) in [5, 5.41) is 2.76.